The van der Waals surface area contributed by atoms with E-state index in [2.05, 4.69) is 18.6 Å². The zero-order chi connectivity index (χ0) is 13.1. The molecule has 4 nitrogen and oxygen atoms in total. The molecular weight excluding hydrogens is 216 g/mol. The summed E-state index contributed by atoms with van der Waals surface area (Å²) in [5.41, 5.74) is 5.63. The monoisotopic (exact) mass is 238 g/mol. The topological polar surface area (TPSA) is 55.6 Å². The molecule has 0 rings (SSSR count). The van der Waals surface area contributed by atoms with E-state index in [0.29, 0.717) is 6.42 Å². The van der Waals surface area contributed by atoms with Gasteiger partial charge >= 0.3 is 5.97 Å². The van der Waals surface area contributed by atoms with Crippen molar-refractivity contribution in [3.63, 3.8) is 0 Å². The van der Waals surface area contributed by atoms with Crippen LogP contribution in [0, 0.1) is 39.8 Å². The molecule has 1 atom stereocenters. The summed E-state index contributed by atoms with van der Waals surface area (Å²) < 4.78 is 4.55. The molecule has 0 spiro atoms. The molecule has 17 heavy (non-hydrogen) atoms. The van der Waals surface area contributed by atoms with Crippen molar-refractivity contribution < 1.29 is 9.53 Å². The van der Waals surface area contributed by atoms with Crippen LogP contribution in [0.5, 0.6) is 0 Å². The maximum atomic E-state index is 11.0. The average Bonchev–Trinajstić information content (AvgIpc) is 2.33. The van der Waals surface area contributed by atoms with Gasteiger partial charge in [0.1, 0.15) is 6.04 Å². The van der Waals surface area contributed by atoms with Gasteiger partial charge in [0.2, 0.25) is 0 Å². The molecule has 96 valence electrons. The highest BCUT2D eigenvalue weighted by molar-refractivity contribution is 5.75. The number of rotatable bonds is 10. The quantitative estimate of drug-likeness (QED) is 0.461. The zero-order valence-electron chi connectivity index (χ0n) is 10.5. The fourth-order valence-corrected chi connectivity index (χ4v) is 1.40. The first kappa shape index (κ1) is 16.4. The van der Waals surface area contributed by atoms with E-state index in [1.165, 1.54) is 7.11 Å². The first-order valence-corrected chi connectivity index (χ1v) is 5.66. The summed E-state index contributed by atoms with van der Waals surface area (Å²) in [6.45, 7) is 11.9. The Kier molecular flexibility index (Phi) is 10.2. The lowest BCUT2D eigenvalue weighted by atomic mass is 10.1. The van der Waals surface area contributed by atoms with Crippen LogP contribution in [0.4, 0.5) is 0 Å². The second kappa shape index (κ2) is 10.5. The van der Waals surface area contributed by atoms with Gasteiger partial charge in [0.05, 0.1) is 7.11 Å². The Morgan fingerprint density at radius 3 is 2.41 bits per heavy atom. The summed E-state index contributed by atoms with van der Waals surface area (Å²) in [7, 11) is 1.35. The van der Waals surface area contributed by atoms with Gasteiger partial charge in [-0.3, -0.25) is 9.69 Å². The van der Waals surface area contributed by atoms with Crippen molar-refractivity contribution in [3.8, 4) is 0 Å². The second-order valence-corrected chi connectivity index (χ2v) is 3.63. The number of hydrogen-bond acceptors (Lipinski definition) is 4. The summed E-state index contributed by atoms with van der Waals surface area (Å²) in [6.07, 6.45) is 5.91. The van der Waals surface area contributed by atoms with Crippen molar-refractivity contribution in [2.75, 3.05) is 13.7 Å². The summed E-state index contributed by atoms with van der Waals surface area (Å²) >= 11 is 0. The Morgan fingerprint density at radius 2 is 1.94 bits per heavy atom. The Balaban J connectivity index is 3.63. The van der Waals surface area contributed by atoms with E-state index in [1.54, 1.807) is 12.8 Å². The Hall–Kier alpha value is -0.610. The predicted octanol–water partition coefficient (Wildman–Crippen LogP) is 1.36. The largest absolute Gasteiger partial charge is 0.468 e. The van der Waals surface area contributed by atoms with E-state index in [-0.39, 0.29) is 5.97 Å². The highest BCUT2D eigenvalue weighted by Crippen LogP contribution is 2.07. The molecular formula is C13H22N2O2. The second-order valence-electron chi connectivity index (χ2n) is 3.63. The van der Waals surface area contributed by atoms with Crippen LogP contribution in [0.1, 0.15) is 19.3 Å². The average molecular weight is 238 g/mol. The lowest BCUT2D eigenvalue weighted by Crippen LogP contribution is -2.31. The van der Waals surface area contributed by atoms with Gasteiger partial charge in [-0.1, -0.05) is 6.42 Å². The number of esters is 1. The first-order valence-electron chi connectivity index (χ1n) is 5.66. The van der Waals surface area contributed by atoms with Crippen LogP contribution < -0.4 is 5.73 Å². The van der Waals surface area contributed by atoms with E-state index in [1.807, 2.05) is 18.0 Å². The van der Waals surface area contributed by atoms with Gasteiger partial charge < -0.3 is 10.5 Å². The number of carbonyl (C=O) groups is 1. The van der Waals surface area contributed by atoms with Crippen LogP contribution in [0.15, 0.2) is 0 Å². The minimum absolute atomic E-state index is 0.350. The number of carbonyl (C=O) groups excluding carboxylic acids is 1. The number of ether oxygens (including phenoxy) is 1. The number of methoxy groups -OCH3 is 1. The normalized spacial score (nSPS) is 12.8. The van der Waals surface area contributed by atoms with Gasteiger partial charge in [0, 0.05) is 13.1 Å². The molecule has 0 fully saturated rings. The molecule has 0 bridgehead atoms. The molecule has 0 aromatic carbocycles. The van der Waals surface area contributed by atoms with Gasteiger partial charge in [-0.25, -0.2) is 0 Å². The Morgan fingerprint density at radius 1 is 1.35 bits per heavy atom. The highest BCUT2D eigenvalue weighted by Gasteiger charge is 2.12. The van der Waals surface area contributed by atoms with E-state index < -0.39 is 6.04 Å². The molecule has 0 aromatic rings. The van der Waals surface area contributed by atoms with Crippen molar-refractivity contribution in [2.24, 2.45) is 5.73 Å². The van der Waals surface area contributed by atoms with Crippen LogP contribution >= 0.6 is 0 Å². The van der Waals surface area contributed by atoms with Crippen molar-refractivity contribution >= 4 is 5.97 Å². The third-order valence-electron chi connectivity index (χ3n) is 2.28. The first-order chi connectivity index (χ1) is 8.15. The molecule has 0 aliphatic heterocycles. The number of hydrogen-bond donors (Lipinski definition) is 1. The molecule has 1 unspecified atom stereocenters. The molecule has 0 aliphatic rings. The number of unbranched alkanes of at least 4 members (excludes halogenated alkanes) is 1. The van der Waals surface area contributed by atoms with Crippen LogP contribution in [0.25, 0.3) is 0 Å². The van der Waals surface area contributed by atoms with Crippen molar-refractivity contribution in [1.82, 2.24) is 4.90 Å². The number of nitrogens with zero attached hydrogens (tertiary/aromatic N) is 1. The van der Waals surface area contributed by atoms with Crippen LogP contribution in [-0.2, 0) is 9.53 Å². The Bertz CT molecular complexity index is 192. The molecule has 2 N–H and O–H groups in total. The molecule has 0 aliphatic carbocycles. The molecule has 0 heterocycles. The van der Waals surface area contributed by atoms with Gasteiger partial charge in [-0.15, -0.1) is 0 Å². The molecule has 6 radical (unpaired) electrons. The van der Waals surface area contributed by atoms with Crippen LogP contribution in [-0.4, -0.2) is 30.6 Å². The third-order valence-corrected chi connectivity index (χ3v) is 2.28. The molecule has 0 amide bonds. The van der Waals surface area contributed by atoms with Crippen LogP contribution in [0.2, 0.25) is 0 Å². The zero-order valence-corrected chi connectivity index (χ0v) is 10.5. The summed E-state index contributed by atoms with van der Waals surface area (Å²) in [5, 5.41) is 0. The SMILES string of the molecule is [CH2][CH][CH]N([CH][CH][CH2])CCCCC(N)C(=O)OC. The summed E-state index contributed by atoms with van der Waals surface area (Å²) in [6, 6.07) is -0.514. The van der Waals surface area contributed by atoms with Gasteiger partial charge in [0.25, 0.3) is 0 Å². The lowest BCUT2D eigenvalue weighted by Gasteiger charge is -2.19. The maximum Gasteiger partial charge on any atom is 0.322 e. The van der Waals surface area contributed by atoms with Gasteiger partial charge in [0.15, 0.2) is 0 Å². The standard InChI is InChI=1S/C13H22N2O2/c1-4-9-15(10-5-2)11-7-6-8-12(14)13(16)17-3/h4-5,9-10,12H,1-2,6-8,11,14H2,3H3. The molecule has 0 saturated heterocycles. The van der Waals surface area contributed by atoms with E-state index in [0.717, 1.165) is 19.4 Å². The van der Waals surface area contributed by atoms with Crippen molar-refractivity contribution in [1.29, 1.82) is 0 Å². The smallest absolute Gasteiger partial charge is 0.322 e. The fraction of sp³-hybridized carbons (Fsp3) is 0.462. The molecule has 4 heteroatoms. The van der Waals surface area contributed by atoms with Gasteiger partial charge in [-0.2, -0.15) is 0 Å². The number of nitrogens with two attached hydrogens (primary N) is 1. The fourth-order valence-electron chi connectivity index (χ4n) is 1.40. The van der Waals surface area contributed by atoms with E-state index in [4.69, 9.17) is 5.73 Å². The van der Waals surface area contributed by atoms with Gasteiger partial charge in [-0.05, 0) is 46.1 Å². The minimum Gasteiger partial charge on any atom is -0.468 e. The molecule has 0 saturated carbocycles. The molecule has 0 aromatic heterocycles. The summed E-state index contributed by atoms with van der Waals surface area (Å²) in [4.78, 5) is 13.0. The van der Waals surface area contributed by atoms with Crippen molar-refractivity contribution in [2.45, 2.75) is 25.3 Å². The lowest BCUT2D eigenvalue weighted by molar-refractivity contribution is -0.142. The maximum absolute atomic E-state index is 11.0. The van der Waals surface area contributed by atoms with Crippen molar-refractivity contribution in [3.05, 3.63) is 39.8 Å². The highest BCUT2D eigenvalue weighted by atomic mass is 16.5. The van der Waals surface area contributed by atoms with Crippen LogP contribution in [0.3, 0.4) is 0 Å². The minimum atomic E-state index is -0.514. The predicted molar refractivity (Wildman–Crippen MR) is 68.5 cm³/mol. The summed E-state index contributed by atoms with van der Waals surface area (Å²) in [5.74, 6) is -0.350. The Labute approximate surface area is 105 Å². The van der Waals surface area contributed by atoms with E-state index >= 15 is 0 Å². The third kappa shape index (κ3) is 8.16. The van der Waals surface area contributed by atoms with E-state index in [9.17, 15) is 4.79 Å².